The normalized spacial score (nSPS) is 15.2. The van der Waals surface area contributed by atoms with Crippen molar-refractivity contribution >= 4 is 21.8 Å². The molecule has 1 N–H and O–H groups in total. The molecular weight excluding hydrogens is 451 g/mol. The van der Waals surface area contributed by atoms with Crippen LogP contribution in [0.2, 0.25) is 0 Å². The zero-order chi connectivity index (χ0) is 23.5. The fraction of sp³-hybridized carbons (Fsp3) is 0.300. The van der Waals surface area contributed by atoms with Crippen LogP contribution in [0.4, 0.5) is 13.2 Å². The summed E-state index contributed by atoms with van der Waals surface area (Å²) in [5.41, 5.74) is 0.160. The average Bonchev–Trinajstić information content (AvgIpc) is 2.73. The molecule has 2 aromatic rings. The number of alkyl halides is 3. The third kappa shape index (κ3) is 5.56. The fourth-order valence-corrected chi connectivity index (χ4v) is 4.61. The standard InChI is InChI=1S/C20H20F3N3O5S/c1-25(12-15-5-2-3-8-17(15)31-20(21,22)23)19(28)14-6-4-7-16(11-14)32(29,30)26-10-9-24-18(27)13-26/h2-8,11H,9-10,12-13H2,1H3,(H,24,27). The van der Waals surface area contributed by atoms with Crippen molar-refractivity contribution in [2.75, 3.05) is 26.7 Å². The molecule has 2 amide bonds. The van der Waals surface area contributed by atoms with Gasteiger partial charge in [0, 0.05) is 37.8 Å². The number of carbonyl (C=O) groups excluding carboxylic acids is 2. The summed E-state index contributed by atoms with van der Waals surface area (Å²) >= 11 is 0. The van der Waals surface area contributed by atoms with E-state index in [1.807, 2.05) is 0 Å². The Balaban J connectivity index is 1.80. The van der Waals surface area contributed by atoms with Gasteiger partial charge in [-0.05, 0) is 24.3 Å². The van der Waals surface area contributed by atoms with Gasteiger partial charge in [-0.2, -0.15) is 4.31 Å². The van der Waals surface area contributed by atoms with Crippen molar-refractivity contribution in [3.8, 4) is 5.75 Å². The summed E-state index contributed by atoms with van der Waals surface area (Å²) in [6, 6.07) is 10.7. The summed E-state index contributed by atoms with van der Waals surface area (Å²) < 4.78 is 68.6. The number of nitrogens with zero attached hydrogens (tertiary/aromatic N) is 2. The van der Waals surface area contributed by atoms with Crippen LogP contribution in [-0.4, -0.2) is 62.5 Å². The minimum atomic E-state index is -4.88. The van der Waals surface area contributed by atoms with Crippen LogP contribution in [0.5, 0.6) is 5.75 Å². The quantitative estimate of drug-likeness (QED) is 0.695. The molecule has 3 rings (SSSR count). The number of hydrogen-bond acceptors (Lipinski definition) is 5. The van der Waals surface area contributed by atoms with E-state index in [2.05, 4.69) is 10.1 Å². The highest BCUT2D eigenvalue weighted by Gasteiger charge is 2.32. The number of benzene rings is 2. The van der Waals surface area contributed by atoms with E-state index in [9.17, 15) is 31.2 Å². The third-order valence-electron chi connectivity index (χ3n) is 4.67. The number of ether oxygens (including phenoxy) is 1. The Bertz CT molecular complexity index is 1120. The second-order valence-electron chi connectivity index (χ2n) is 7.03. The molecule has 32 heavy (non-hydrogen) atoms. The van der Waals surface area contributed by atoms with Crippen molar-refractivity contribution in [2.45, 2.75) is 17.8 Å². The summed E-state index contributed by atoms with van der Waals surface area (Å²) in [6.45, 7) is -0.244. The Morgan fingerprint density at radius 1 is 1.19 bits per heavy atom. The lowest BCUT2D eigenvalue weighted by Gasteiger charge is -2.26. The first kappa shape index (κ1) is 23.5. The van der Waals surface area contributed by atoms with Gasteiger partial charge in [0.1, 0.15) is 5.75 Å². The van der Waals surface area contributed by atoms with Gasteiger partial charge in [-0.3, -0.25) is 9.59 Å². The Morgan fingerprint density at radius 3 is 2.59 bits per heavy atom. The first-order valence-electron chi connectivity index (χ1n) is 9.43. The molecule has 1 heterocycles. The second-order valence-corrected chi connectivity index (χ2v) is 8.97. The second kappa shape index (κ2) is 9.17. The van der Waals surface area contributed by atoms with Crippen molar-refractivity contribution in [3.05, 3.63) is 59.7 Å². The van der Waals surface area contributed by atoms with Gasteiger partial charge in [-0.25, -0.2) is 8.42 Å². The smallest absolute Gasteiger partial charge is 0.405 e. The van der Waals surface area contributed by atoms with Gasteiger partial charge in [0.05, 0.1) is 11.4 Å². The maximum atomic E-state index is 12.8. The SMILES string of the molecule is CN(Cc1ccccc1OC(F)(F)F)C(=O)c1cccc(S(=O)(=O)N2CCNC(=O)C2)c1. The molecule has 1 saturated heterocycles. The number of nitrogens with one attached hydrogen (secondary N) is 1. The van der Waals surface area contributed by atoms with Crippen LogP contribution < -0.4 is 10.1 Å². The highest BCUT2D eigenvalue weighted by Crippen LogP contribution is 2.27. The average molecular weight is 471 g/mol. The molecular formula is C20H20F3N3O5S. The van der Waals surface area contributed by atoms with E-state index in [1.165, 1.54) is 49.5 Å². The van der Waals surface area contributed by atoms with Crippen molar-refractivity contribution < 1.29 is 35.9 Å². The third-order valence-corrected chi connectivity index (χ3v) is 6.52. The predicted molar refractivity (Wildman–Crippen MR) is 107 cm³/mol. The minimum Gasteiger partial charge on any atom is -0.405 e. The van der Waals surface area contributed by atoms with Crippen molar-refractivity contribution in [1.82, 2.24) is 14.5 Å². The monoisotopic (exact) mass is 471 g/mol. The maximum Gasteiger partial charge on any atom is 0.573 e. The molecule has 172 valence electrons. The highest BCUT2D eigenvalue weighted by atomic mass is 32.2. The van der Waals surface area contributed by atoms with E-state index in [1.54, 1.807) is 0 Å². The van der Waals surface area contributed by atoms with Gasteiger partial charge in [0.15, 0.2) is 0 Å². The largest absolute Gasteiger partial charge is 0.573 e. The van der Waals surface area contributed by atoms with Crippen LogP contribution in [-0.2, 0) is 21.4 Å². The molecule has 0 atom stereocenters. The van der Waals surface area contributed by atoms with Crippen LogP contribution >= 0.6 is 0 Å². The maximum absolute atomic E-state index is 12.8. The van der Waals surface area contributed by atoms with E-state index in [0.29, 0.717) is 0 Å². The highest BCUT2D eigenvalue weighted by molar-refractivity contribution is 7.89. The van der Waals surface area contributed by atoms with E-state index in [4.69, 9.17) is 0 Å². The van der Waals surface area contributed by atoms with E-state index >= 15 is 0 Å². The van der Waals surface area contributed by atoms with E-state index < -0.39 is 33.9 Å². The zero-order valence-corrected chi connectivity index (χ0v) is 17.7. The lowest BCUT2D eigenvalue weighted by Crippen LogP contribution is -2.49. The van der Waals surface area contributed by atoms with Gasteiger partial charge in [0.25, 0.3) is 5.91 Å². The van der Waals surface area contributed by atoms with Crippen LogP contribution in [0.15, 0.2) is 53.4 Å². The first-order chi connectivity index (χ1) is 15.0. The molecule has 8 nitrogen and oxygen atoms in total. The van der Waals surface area contributed by atoms with E-state index in [-0.39, 0.29) is 42.2 Å². The van der Waals surface area contributed by atoms with Crippen LogP contribution in [0.25, 0.3) is 0 Å². The Hall–Kier alpha value is -3.12. The molecule has 0 aromatic heterocycles. The molecule has 0 aliphatic carbocycles. The summed E-state index contributed by atoms with van der Waals surface area (Å²) in [6.07, 6.45) is -4.88. The molecule has 1 aliphatic heterocycles. The number of rotatable bonds is 6. The molecule has 0 unspecified atom stereocenters. The van der Waals surface area contributed by atoms with Crippen LogP contribution in [0.3, 0.4) is 0 Å². The number of para-hydroxylation sites is 1. The number of sulfonamides is 1. The number of amides is 2. The van der Waals surface area contributed by atoms with Crippen LogP contribution in [0.1, 0.15) is 15.9 Å². The van der Waals surface area contributed by atoms with Crippen molar-refractivity contribution in [3.63, 3.8) is 0 Å². The van der Waals surface area contributed by atoms with Gasteiger partial charge in [0.2, 0.25) is 15.9 Å². The number of piperazine rings is 1. The van der Waals surface area contributed by atoms with Gasteiger partial charge in [-0.15, -0.1) is 13.2 Å². The molecule has 0 saturated carbocycles. The van der Waals surface area contributed by atoms with Crippen molar-refractivity contribution in [2.24, 2.45) is 0 Å². The van der Waals surface area contributed by atoms with Crippen LogP contribution in [0, 0.1) is 0 Å². The van der Waals surface area contributed by atoms with Gasteiger partial charge in [-0.1, -0.05) is 24.3 Å². The Labute approximate surface area is 182 Å². The minimum absolute atomic E-state index is 0.0317. The fourth-order valence-electron chi connectivity index (χ4n) is 3.17. The molecule has 1 aliphatic rings. The predicted octanol–water partition coefficient (Wildman–Crippen LogP) is 1.98. The van der Waals surface area contributed by atoms with E-state index in [0.717, 1.165) is 15.3 Å². The zero-order valence-electron chi connectivity index (χ0n) is 16.9. The number of hydrogen-bond donors (Lipinski definition) is 1. The number of carbonyl (C=O) groups is 2. The molecule has 0 radical (unpaired) electrons. The van der Waals surface area contributed by atoms with Crippen molar-refractivity contribution in [1.29, 1.82) is 0 Å². The summed E-state index contributed by atoms with van der Waals surface area (Å²) in [5.74, 6) is -1.45. The summed E-state index contributed by atoms with van der Waals surface area (Å²) in [7, 11) is -2.63. The molecule has 0 spiro atoms. The lowest BCUT2D eigenvalue weighted by molar-refractivity contribution is -0.275. The summed E-state index contributed by atoms with van der Waals surface area (Å²) in [5, 5.41) is 2.54. The molecule has 2 aromatic carbocycles. The molecule has 1 fully saturated rings. The Morgan fingerprint density at radius 2 is 1.91 bits per heavy atom. The Kier molecular flexibility index (Phi) is 6.74. The topological polar surface area (TPSA) is 96.0 Å². The molecule has 0 bridgehead atoms. The summed E-state index contributed by atoms with van der Waals surface area (Å²) in [4.78, 5) is 25.4. The number of halogens is 3. The lowest BCUT2D eigenvalue weighted by atomic mass is 10.1. The molecule has 12 heteroatoms. The van der Waals surface area contributed by atoms with Gasteiger partial charge < -0.3 is 15.0 Å². The first-order valence-corrected chi connectivity index (χ1v) is 10.9. The van der Waals surface area contributed by atoms with Gasteiger partial charge >= 0.3 is 6.36 Å².